The summed E-state index contributed by atoms with van der Waals surface area (Å²) in [6.07, 6.45) is 5.14. The predicted molar refractivity (Wildman–Crippen MR) is 82.9 cm³/mol. The topological polar surface area (TPSA) is 49.8 Å². The minimum atomic E-state index is 0.429. The van der Waals surface area contributed by atoms with Crippen LogP contribution in [-0.4, -0.2) is 29.3 Å². The van der Waals surface area contributed by atoms with Crippen molar-refractivity contribution in [1.82, 2.24) is 15.5 Å². The van der Waals surface area contributed by atoms with Crippen molar-refractivity contribution in [2.24, 2.45) is 0 Å². The van der Waals surface area contributed by atoms with Crippen LogP contribution in [0.3, 0.4) is 0 Å². The number of anilines is 1. The van der Waals surface area contributed by atoms with Gasteiger partial charge in [-0.1, -0.05) is 11.6 Å². The van der Waals surface area contributed by atoms with Crippen LogP contribution in [0.1, 0.15) is 38.2 Å². The lowest BCUT2D eigenvalue weighted by Gasteiger charge is -2.24. The first-order valence-electron chi connectivity index (χ1n) is 7.18. The third-order valence-corrected chi connectivity index (χ3v) is 3.71. The zero-order valence-electron chi connectivity index (χ0n) is 11.9. The van der Waals surface area contributed by atoms with Crippen LogP contribution in [0.2, 0.25) is 5.15 Å². The molecule has 0 saturated carbocycles. The lowest BCUT2D eigenvalue weighted by atomic mass is 10.1. The van der Waals surface area contributed by atoms with Gasteiger partial charge in [0.2, 0.25) is 0 Å². The molecule has 1 atom stereocenters. The van der Waals surface area contributed by atoms with Gasteiger partial charge in [0.05, 0.1) is 0 Å². The second-order valence-electron chi connectivity index (χ2n) is 5.01. The van der Waals surface area contributed by atoms with Gasteiger partial charge < -0.3 is 10.6 Å². The average molecular weight is 293 g/mol. The highest BCUT2D eigenvalue weighted by atomic mass is 35.5. The molecule has 1 aliphatic rings. The van der Waals surface area contributed by atoms with Crippen LogP contribution >= 0.6 is 11.6 Å². The number of unbranched alkanes of at least 4 members (excludes halogenated alkanes) is 1. The molecule has 0 aliphatic carbocycles. The molecular weight excluding hydrogens is 272 g/mol. The van der Waals surface area contributed by atoms with E-state index in [4.69, 9.17) is 11.6 Å². The second kappa shape index (κ2) is 8.08. The Labute approximate surface area is 125 Å². The molecule has 1 aliphatic heterocycles. The highest BCUT2D eigenvalue weighted by molar-refractivity contribution is 6.30. The van der Waals surface area contributed by atoms with Crippen molar-refractivity contribution in [3.8, 4) is 11.8 Å². The number of piperidine rings is 1. The lowest BCUT2D eigenvalue weighted by Crippen LogP contribution is -2.38. The van der Waals surface area contributed by atoms with Crippen LogP contribution in [-0.2, 0) is 6.42 Å². The largest absolute Gasteiger partial charge is 0.365 e. The van der Waals surface area contributed by atoms with Crippen LogP contribution < -0.4 is 10.6 Å². The van der Waals surface area contributed by atoms with Crippen LogP contribution in [0.5, 0.6) is 0 Å². The van der Waals surface area contributed by atoms with Crippen LogP contribution in [0.25, 0.3) is 0 Å². The SMILES string of the molecule is CC#CCCCc1cc(NC2CCCNC2)nnc1Cl. The monoisotopic (exact) mass is 292 g/mol. The smallest absolute Gasteiger partial charge is 0.155 e. The van der Waals surface area contributed by atoms with E-state index < -0.39 is 0 Å². The molecule has 2 heterocycles. The van der Waals surface area contributed by atoms with E-state index in [0.717, 1.165) is 43.7 Å². The van der Waals surface area contributed by atoms with Crippen LogP contribution in [0, 0.1) is 11.8 Å². The van der Waals surface area contributed by atoms with E-state index in [2.05, 4.69) is 32.7 Å². The molecule has 0 radical (unpaired) electrons. The molecule has 5 heteroatoms. The van der Waals surface area contributed by atoms with Crippen molar-refractivity contribution in [3.63, 3.8) is 0 Å². The summed E-state index contributed by atoms with van der Waals surface area (Å²) < 4.78 is 0. The number of hydrogen-bond donors (Lipinski definition) is 2. The number of hydrogen-bond acceptors (Lipinski definition) is 4. The maximum absolute atomic E-state index is 6.10. The second-order valence-corrected chi connectivity index (χ2v) is 5.37. The van der Waals surface area contributed by atoms with E-state index in [0.29, 0.717) is 11.2 Å². The van der Waals surface area contributed by atoms with E-state index in [9.17, 15) is 0 Å². The van der Waals surface area contributed by atoms with Crippen molar-refractivity contribution in [2.75, 3.05) is 18.4 Å². The Kier molecular flexibility index (Phi) is 6.10. The van der Waals surface area contributed by atoms with E-state index in [-0.39, 0.29) is 0 Å². The van der Waals surface area contributed by atoms with E-state index >= 15 is 0 Å². The first-order valence-corrected chi connectivity index (χ1v) is 7.56. The summed E-state index contributed by atoms with van der Waals surface area (Å²) in [5, 5.41) is 15.5. The maximum atomic E-state index is 6.10. The maximum Gasteiger partial charge on any atom is 0.155 e. The first-order chi connectivity index (χ1) is 9.79. The van der Waals surface area contributed by atoms with Gasteiger partial charge in [-0.05, 0) is 50.8 Å². The van der Waals surface area contributed by atoms with Crippen molar-refractivity contribution < 1.29 is 0 Å². The Hall–Kier alpha value is -1.31. The lowest BCUT2D eigenvalue weighted by molar-refractivity contribution is 0.478. The molecule has 1 saturated heterocycles. The van der Waals surface area contributed by atoms with Gasteiger partial charge in [-0.2, -0.15) is 0 Å². The summed E-state index contributed by atoms with van der Waals surface area (Å²) in [6.45, 7) is 3.95. The Bertz CT molecular complexity index is 486. The molecule has 2 rings (SSSR count). The zero-order chi connectivity index (χ0) is 14.2. The summed E-state index contributed by atoms with van der Waals surface area (Å²) in [7, 11) is 0. The zero-order valence-corrected chi connectivity index (χ0v) is 12.6. The standard InChI is InChI=1S/C15H21ClN4/c1-2-3-4-5-7-12-10-14(19-20-15(12)16)18-13-8-6-9-17-11-13/h10,13,17H,4-9,11H2,1H3,(H,18,19). The Morgan fingerprint density at radius 3 is 3.15 bits per heavy atom. The number of halogens is 1. The third kappa shape index (κ3) is 4.66. The third-order valence-electron chi connectivity index (χ3n) is 3.40. The molecule has 0 spiro atoms. The summed E-state index contributed by atoms with van der Waals surface area (Å²) >= 11 is 6.10. The molecule has 0 bridgehead atoms. The molecule has 1 aromatic rings. The molecule has 0 aromatic carbocycles. The van der Waals surface area contributed by atoms with Crippen molar-refractivity contribution in [2.45, 2.75) is 45.1 Å². The summed E-state index contributed by atoms with van der Waals surface area (Å²) in [5.74, 6) is 6.79. The summed E-state index contributed by atoms with van der Waals surface area (Å²) in [4.78, 5) is 0. The molecule has 1 unspecified atom stereocenters. The van der Waals surface area contributed by atoms with Crippen LogP contribution in [0.4, 0.5) is 5.82 Å². The Morgan fingerprint density at radius 2 is 2.40 bits per heavy atom. The predicted octanol–water partition coefficient (Wildman–Crippen LogP) is 2.64. The quantitative estimate of drug-likeness (QED) is 0.647. The van der Waals surface area contributed by atoms with Crippen molar-refractivity contribution >= 4 is 17.4 Å². The average Bonchev–Trinajstić information content (AvgIpc) is 2.48. The minimum absolute atomic E-state index is 0.429. The Balaban J connectivity index is 1.93. The molecule has 0 amide bonds. The van der Waals surface area contributed by atoms with E-state index in [1.54, 1.807) is 0 Å². The first kappa shape index (κ1) is 15.1. The molecule has 2 N–H and O–H groups in total. The number of aromatic nitrogens is 2. The Morgan fingerprint density at radius 1 is 1.50 bits per heavy atom. The fraction of sp³-hybridized carbons (Fsp3) is 0.600. The van der Waals surface area contributed by atoms with Gasteiger partial charge in [0, 0.05) is 19.0 Å². The van der Waals surface area contributed by atoms with Gasteiger partial charge in [-0.15, -0.1) is 22.0 Å². The highest BCUT2D eigenvalue weighted by Crippen LogP contribution is 2.19. The summed E-state index contributed by atoms with van der Waals surface area (Å²) in [5.41, 5.74) is 1.05. The molecular formula is C15H21ClN4. The fourth-order valence-corrected chi connectivity index (χ4v) is 2.52. The number of rotatable bonds is 5. The highest BCUT2D eigenvalue weighted by Gasteiger charge is 2.14. The van der Waals surface area contributed by atoms with Gasteiger partial charge in [-0.25, -0.2) is 0 Å². The minimum Gasteiger partial charge on any atom is -0.365 e. The number of nitrogens with zero attached hydrogens (tertiary/aromatic N) is 2. The number of aryl methyl sites for hydroxylation is 1. The van der Waals surface area contributed by atoms with Crippen molar-refractivity contribution in [1.29, 1.82) is 0 Å². The molecule has 20 heavy (non-hydrogen) atoms. The van der Waals surface area contributed by atoms with Gasteiger partial charge >= 0.3 is 0 Å². The van der Waals surface area contributed by atoms with Crippen LogP contribution in [0.15, 0.2) is 6.07 Å². The molecule has 4 nitrogen and oxygen atoms in total. The van der Waals surface area contributed by atoms with Crippen molar-refractivity contribution in [3.05, 3.63) is 16.8 Å². The van der Waals surface area contributed by atoms with Gasteiger partial charge in [0.1, 0.15) is 5.82 Å². The molecule has 1 fully saturated rings. The number of nitrogens with one attached hydrogen (secondary N) is 2. The molecule has 108 valence electrons. The summed E-state index contributed by atoms with van der Waals surface area (Å²) in [6, 6.07) is 2.45. The normalized spacial score (nSPS) is 18.2. The van der Waals surface area contributed by atoms with E-state index in [1.165, 1.54) is 12.8 Å². The van der Waals surface area contributed by atoms with Gasteiger partial charge in [0.25, 0.3) is 0 Å². The fourth-order valence-electron chi connectivity index (χ4n) is 2.34. The molecule has 1 aromatic heterocycles. The van der Waals surface area contributed by atoms with E-state index in [1.807, 2.05) is 13.0 Å². The van der Waals surface area contributed by atoms with Gasteiger partial charge in [-0.3, -0.25) is 0 Å². The van der Waals surface area contributed by atoms with Gasteiger partial charge in [0.15, 0.2) is 5.15 Å².